The van der Waals surface area contributed by atoms with E-state index in [-0.39, 0.29) is 5.41 Å². The number of nitrogens with zero attached hydrogens (tertiary/aromatic N) is 1. The minimum atomic E-state index is 0.197. The largest absolute Gasteiger partial charge is 0.379 e. The third-order valence-corrected chi connectivity index (χ3v) is 4.38. The van der Waals surface area contributed by atoms with Crippen LogP contribution in [0.1, 0.15) is 31.9 Å². The van der Waals surface area contributed by atoms with Gasteiger partial charge < -0.3 is 15.4 Å². The maximum Gasteiger partial charge on any atom is 0.166 e. The first-order chi connectivity index (χ1) is 10.9. The van der Waals surface area contributed by atoms with Gasteiger partial charge in [-0.05, 0) is 28.8 Å². The zero-order chi connectivity index (χ0) is 16.7. The van der Waals surface area contributed by atoms with Gasteiger partial charge in [-0.15, -0.1) is 0 Å². The highest BCUT2D eigenvalue weighted by atomic mass is 32.1. The van der Waals surface area contributed by atoms with Gasteiger partial charge >= 0.3 is 0 Å². The fourth-order valence-electron chi connectivity index (χ4n) is 2.52. The number of rotatable bonds is 5. The van der Waals surface area contributed by atoms with Gasteiger partial charge in [0, 0.05) is 32.7 Å². The van der Waals surface area contributed by atoms with E-state index >= 15 is 0 Å². The summed E-state index contributed by atoms with van der Waals surface area (Å²) in [7, 11) is 0. The minimum absolute atomic E-state index is 0.197. The second-order valence-corrected chi connectivity index (χ2v) is 7.42. The molecule has 128 valence electrons. The smallest absolute Gasteiger partial charge is 0.166 e. The third-order valence-electron chi connectivity index (χ3n) is 4.09. The number of morpholine rings is 1. The highest BCUT2D eigenvalue weighted by Gasteiger charge is 2.13. The molecule has 1 aliphatic rings. The Balaban J connectivity index is 1.65. The molecule has 0 amide bonds. The Kier molecular flexibility index (Phi) is 6.81. The van der Waals surface area contributed by atoms with Crippen LogP contribution >= 0.6 is 12.2 Å². The molecule has 0 bridgehead atoms. The first kappa shape index (κ1) is 18.2. The maximum absolute atomic E-state index is 5.34. The van der Waals surface area contributed by atoms with E-state index in [1.54, 1.807) is 0 Å². The fourth-order valence-corrected chi connectivity index (χ4v) is 2.69. The molecular formula is C18H29N3OS. The van der Waals surface area contributed by atoms with Crippen LogP contribution in [0.5, 0.6) is 0 Å². The molecule has 0 radical (unpaired) electrons. The number of hydrogen-bond acceptors (Lipinski definition) is 3. The molecule has 1 saturated heterocycles. The lowest BCUT2D eigenvalue weighted by molar-refractivity contribution is 0.0389. The molecule has 0 aromatic heterocycles. The van der Waals surface area contributed by atoms with E-state index in [0.29, 0.717) is 0 Å². The summed E-state index contributed by atoms with van der Waals surface area (Å²) < 4.78 is 5.34. The van der Waals surface area contributed by atoms with Crippen molar-refractivity contribution in [3.63, 3.8) is 0 Å². The highest BCUT2D eigenvalue weighted by Crippen LogP contribution is 2.22. The number of ether oxygens (including phenoxy) is 1. The lowest BCUT2D eigenvalue weighted by Crippen LogP contribution is -2.43. The number of hydrogen-bond donors (Lipinski definition) is 2. The SMILES string of the molecule is CC(C)(C)c1ccc(CNC(=S)NCCN2CCOCC2)cc1. The lowest BCUT2D eigenvalue weighted by atomic mass is 9.87. The van der Waals surface area contributed by atoms with E-state index < -0.39 is 0 Å². The topological polar surface area (TPSA) is 36.5 Å². The molecule has 0 spiro atoms. The quantitative estimate of drug-likeness (QED) is 0.808. The van der Waals surface area contributed by atoms with Gasteiger partial charge in [0.2, 0.25) is 0 Å². The van der Waals surface area contributed by atoms with Crippen molar-refractivity contribution in [3.8, 4) is 0 Å². The van der Waals surface area contributed by atoms with E-state index in [1.807, 2.05) is 0 Å². The van der Waals surface area contributed by atoms with Crippen molar-refractivity contribution in [1.29, 1.82) is 0 Å². The summed E-state index contributed by atoms with van der Waals surface area (Å²) in [6.07, 6.45) is 0. The zero-order valence-electron chi connectivity index (χ0n) is 14.5. The molecule has 1 aliphatic heterocycles. The Morgan fingerprint density at radius 1 is 1.13 bits per heavy atom. The molecule has 2 N–H and O–H groups in total. The van der Waals surface area contributed by atoms with Gasteiger partial charge in [0.25, 0.3) is 0 Å². The molecule has 0 unspecified atom stereocenters. The van der Waals surface area contributed by atoms with Crippen LogP contribution in [0.4, 0.5) is 0 Å². The molecule has 1 aromatic carbocycles. The Hall–Kier alpha value is -1.17. The van der Waals surface area contributed by atoms with Gasteiger partial charge in [0.15, 0.2) is 5.11 Å². The monoisotopic (exact) mass is 335 g/mol. The van der Waals surface area contributed by atoms with Gasteiger partial charge in [-0.2, -0.15) is 0 Å². The Labute approximate surface area is 145 Å². The maximum atomic E-state index is 5.34. The van der Waals surface area contributed by atoms with Crippen LogP contribution in [0.15, 0.2) is 24.3 Å². The van der Waals surface area contributed by atoms with Crippen molar-refractivity contribution in [3.05, 3.63) is 35.4 Å². The van der Waals surface area contributed by atoms with Gasteiger partial charge in [-0.1, -0.05) is 45.0 Å². The molecule has 5 heteroatoms. The summed E-state index contributed by atoms with van der Waals surface area (Å²) in [6.45, 7) is 13.0. The Morgan fingerprint density at radius 2 is 1.78 bits per heavy atom. The molecule has 0 aliphatic carbocycles. The minimum Gasteiger partial charge on any atom is -0.379 e. The molecule has 2 rings (SSSR count). The second-order valence-electron chi connectivity index (χ2n) is 7.01. The molecule has 23 heavy (non-hydrogen) atoms. The molecule has 0 atom stereocenters. The summed E-state index contributed by atoms with van der Waals surface area (Å²) in [5.41, 5.74) is 2.80. The van der Waals surface area contributed by atoms with Gasteiger partial charge in [-0.3, -0.25) is 4.90 Å². The van der Waals surface area contributed by atoms with E-state index in [4.69, 9.17) is 17.0 Å². The Morgan fingerprint density at radius 3 is 2.39 bits per heavy atom. The summed E-state index contributed by atoms with van der Waals surface area (Å²) in [4.78, 5) is 2.39. The summed E-state index contributed by atoms with van der Waals surface area (Å²) in [5, 5.41) is 7.27. The van der Waals surface area contributed by atoms with Crippen molar-refractivity contribution in [2.45, 2.75) is 32.7 Å². The number of thiocarbonyl (C=S) groups is 1. The standard InChI is InChI=1S/C18H29N3OS/c1-18(2,3)16-6-4-15(5-7-16)14-20-17(23)19-8-9-21-10-12-22-13-11-21/h4-7H,8-14H2,1-3H3,(H2,19,20,23). The summed E-state index contributed by atoms with van der Waals surface area (Å²) in [5.74, 6) is 0. The lowest BCUT2D eigenvalue weighted by Gasteiger charge is -2.26. The summed E-state index contributed by atoms with van der Waals surface area (Å²) in [6, 6.07) is 8.74. The van der Waals surface area contributed by atoms with E-state index in [9.17, 15) is 0 Å². The van der Waals surface area contributed by atoms with Crippen LogP contribution in [0.25, 0.3) is 0 Å². The third kappa shape index (κ3) is 6.45. The van der Waals surface area contributed by atoms with Crippen molar-refractivity contribution < 1.29 is 4.74 Å². The zero-order valence-corrected chi connectivity index (χ0v) is 15.3. The fraction of sp³-hybridized carbons (Fsp3) is 0.611. The highest BCUT2D eigenvalue weighted by molar-refractivity contribution is 7.80. The first-order valence-corrected chi connectivity index (χ1v) is 8.77. The van der Waals surface area contributed by atoms with Crippen LogP contribution in [0.2, 0.25) is 0 Å². The van der Waals surface area contributed by atoms with E-state index in [0.717, 1.165) is 51.0 Å². The van der Waals surface area contributed by atoms with Crippen LogP contribution in [-0.2, 0) is 16.7 Å². The van der Waals surface area contributed by atoms with Crippen molar-refractivity contribution in [2.24, 2.45) is 0 Å². The molecular weight excluding hydrogens is 306 g/mol. The molecule has 0 saturated carbocycles. The normalized spacial score (nSPS) is 16.1. The number of benzene rings is 1. The predicted molar refractivity (Wildman–Crippen MR) is 99.8 cm³/mol. The second kappa shape index (κ2) is 8.62. The van der Waals surface area contributed by atoms with Crippen molar-refractivity contribution in [2.75, 3.05) is 39.4 Å². The molecule has 4 nitrogen and oxygen atoms in total. The van der Waals surface area contributed by atoms with Crippen LogP contribution in [-0.4, -0.2) is 49.4 Å². The Bertz CT molecular complexity index is 490. The van der Waals surface area contributed by atoms with Crippen molar-refractivity contribution >= 4 is 17.3 Å². The predicted octanol–water partition coefficient (Wildman–Crippen LogP) is 2.28. The molecule has 1 heterocycles. The van der Waals surface area contributed by atoms with Gasteiger partial charge in [0.1, 0.15) is 0 Å². The molecule has 1 aromatic rings. The van der Waals surface area contributed by atoms with Crippen LogP contribution < -0.4 is 10.6 Å². The van der Waals surface area contributed by atoms with Crippen molar-refractivity contribution in [1.82, 2.24) is 15.5 Å². The summed E-state index contributed by atoms with van der Waals surface area (Å²) >= 11 is 5.34. The van der Waals surface area contributed by atoms with Crippen LogP contribution in [0.3, 0.4) is 0 Å². The van der Waals surface area contributed by atoms with Gasteiger partial charge in [-0.25, -0.2) is 0 Å². The average molecular weight is 336 g/mol. The molecule has 1 fully saturated rings. The number of nitrogens with one attached hydrogen (secondary N) is 2. The first-order valence-electron chi connectivity index (χ1n) is 8.36. The van der Waals surface area contributed by atoms with E-state index in [1.165, 1.54) is 11.1 Å². The van der Waals surface area contributed by atoms with Gasteiger partial charge in [0.05, 0.1) is 13.2 Å². The van der Waals surface area contributed by atoms with E-state index in [2.05, 4.69) is 60.6 Å². The van der Waals surface area contributed by atoms with Crippen LogP contribution in [0, 0.1) is 0 Å². The average Bonchev–Trinajstić information content (AvgIpc) is 2.53.